The van der Waals surface area contributed by atoms with Gasteiger partial charge >= 0.3 is 5.97 Å². The number of ether oxygens (including phenoxy) is 2. The second kappa shape index (κ2) is 11.5. The molecule has 3 aromatic rings. The molecule has 1 aromatic heterocycles. The molecule has 4 rings (SSSR count). The normalized spacial score (nSPS) is 15.3. The highest BCUT2D eigenvalue weighted by molar-refractivity contribution is 9.10. The molecule has 0 saturated carbocycles. The molecule has 0 fully saturated rings. The third kappa shape index (κ3) is 5.43. The van der Waals surface area contributed by atoms with Crippen molar-refractivity contribution in [1.82, 2.24) is 4.57 Å². The number of benzene rings is 2. The highest BCUT2D eigenvalue weighted by Gasteiger charge is 2.36. The van der Waals surface area contributed by atoms with Gasteiger partial charge in [0.05, 0.1) is 29.5 Å². The van der Waals surface area contributed by atoms with Crippen LogP contribution in [0.4, 0.5) is 5.69 Å². The van der Waals surface area contributed by atoms with E-state index in [2.05, 4.69) is 15.9 Å². The van der Waals surface area contributed by atoms with E-state index in [4.69, 9.17) is 14.5 Å². The average molecular weight is 585 g/mol. The summed E-state index contributed by atoms with van der Waals surface area (Å²) in [5.74, 6) is 0.0943. The number of esters is 1. The maximum Gasteiger partial charge on any atom is 0.338 e. The lowest BCUT2D eigenvalue weighted by Crippen LogP contribution is -2.40. The SMILES string of the molecule is CCCC1=C(C(=O)OCC)[C@@H](c2cc(Br)ccc2OC)n2c(s/c(=C/c3ccc(N(C)C)cc3)c2=O)=N1. The summed E-state index contributed by atoms with van der Waals surface area (Å²) in [6.07, 6.45) is 3.24. The molecule has 1 aliphatic heterocycles. The van der Waals surface area contributed by atoms with Crippen molar-refractivity contribution in [2.24, 2.45) is 4.99 Å². The fourth-order valence-corrected chi connectivity index (χ4v) is 5.75. The number of anilines is 1. The number of carbonyl (C=O) groups is 1. The Morgan fingerprint density at radius 2 is 1.92 bits per heavy atom. The van der Waals surface area contributed by atoms with E-state index in [0.29, 0.717) is 38.3 Å². The van der Waals surface area contributed by atoms with Gasteiger partial charge in [-0.05, 0) is 55.3 Å². The van der Waals surface area contributed by atoms with Crippen molar-refractivity contribution in [3.63, 3.8) is 0 Å². The van der Waals surface area contributed by atoms with E-state index < -0.39 is 12.0 Å². The number of fused-ring (bicyclic) bond motifs is 1. The minimum Gasteiger partial charge on any atom is -0.496 e. The second-order valence-electron chi connectivity index (χ2n) is 8.79. The molecule has 0 bridgehead atoms. The maximum absolute atomic E-state index is 13.9. The van der Waals surface area contributed by atoms with E-state index in [1.165, 1.54) is 11.3 Å². The Hall–Kier alpha value is -3.17. The van der Waals surface area contributed by atoms with Gasteiger partial charge in [0.2, 0.25) is 0 Å². The van der Waals surface area contributed by atoms with Crippen LogP contribution in [0.3, 0.4) is 0 Å². The van der Waals surface area contributed by atoms with Crippen molar-refractivity contribution in [2.45, 2.75) is 32.7 Å². The van der Waals surface area contributed by atoms with Crippen LogP contribution in [0.15, 0.2) is 68.0 Å². The monoisotopic (exact) mass is 583 g/mol. The van der Waals surface area contributed by atoms with Crippen LogP contribution in [-0.4, -0.2) is 38.3 Å². The number of carbonyl (C=O) groups excluding carboxylic acids is 1. The molecule has 37 heavy (non-hydrogen) atoms. The first-order chi connectivity index (χ1) is 17.8. The largest absolute Gasteiger partial charge is 0.496 e. The minimum atomic E-state index is -0.734. The molecule has 0 amide bonds. The lowest BCUT2D eigenvalue weighted by atomic mass is 9.93. The molecule has 0 N–H and O–H groups in total. The molecular weight excluding hydrogens is 554 g/mol. The van der Waals surface area contributed by atoms with Crippen LogP contribution in [0, 0.1) is 0 Å². The molecule has 0 radical (unpaired) electrons. The zero-order valence-corrected chi connectivity index (χ0v) is 24.0. The van der Waals surface area contributed by atoms with Gasteiger partial charge in [-0.15, -0.1) is 0 Å². The summed E-state index contributed by atoms with van der Waals surface area (Å²) < 4.78 is 14.1. The third-order valence-corrected chi connectivity index (χ3v) is 7.56. The predicted molar refractivity (Wildman–Crippen MR) is 151 cm³/mol. The smallest absolute Gasteiger partial charge is 0.338 e. The van der Waals surface area contributed by atoms with Gasteiger partial charge in [-0.2, -0.15) is 0 Å². The topological polar surface area (TPSA) is 73.1 Å². The van der Waals surface area contributed by atoms with Gasteiger partial charge in [0, 0.05) is 29.8 Å². The molecule has 2 aromatic carbocycles. The van der Waals surface area contributed by atoms with E-state index in [9.17, 15) is 9.59 Å². The van der Waals surface area contributed by atoms with Crippen LogP contribution in [-0.2, 0) is 9.53 Å². The number of hydrogen-bond donors (Lipinski definition) is 0. The van der Waals surface area contributed by atoms with E-state index in [1.54, 1.807) is 18.6 Å². The number of rotatable bonds is 8. The van der Waals surface area contributed by atoms with Gasteiger partial charge in [0.25, 0.3) is 5.56 Å². The third-order valence-electron chi connectivity index (χ3n) is 6.09. The zero-order valence-electron chi connectivity index (χ0n) is 21.6. The van der Waals surface area contributed by atoms with Crippen molar-refractivity contribution in [1.29, 1.82) is 0 Å². The number of thiazole rings is 1. The average Bonchev–Trinajstić information content (AvgIpc) is 3.18. The first kappa shape index (κ1) is 26.9. The number of methoxy groups -OCH3 is 1. The standard InChI is InChI=1S/C28H30BrN3O4S/c1-6-8-21-24(27(34)36-7-2)25(20-16-18(29)11-14-22(20)35-5)32-26(33)23(37-28(32)30-21)15-17-9-12-19(13-10-17)31(3)4/h9-16,25H,6-8H2,1-5H3/b23-15+/t25-/m1/s1. The van der Waals surface area contributed by atoms with E-state index >= 15 is 0 Å². The Bertz CT molecular complexity index is 1520. The molecular formula is C28H30BrN3O4S. The molecule has 9 heteroatoms. The maximum atomic E-state index is 13.9. The van der Waals surface area contributed by atoms with Crippen molar-refractivity contribution in [2.75, 3.05) is 32.7 Å². The van der Waals surface area contributed by atoms with Crippen molar-refractivity contribution >= 4 is 45.0 Å². The first-order valence-corrected chi connectivity index (χ1v) is 13.7. The molecule has 1 atom stereocenters. The summed E-state index contributed by atoms with van der Waals surface area (Å²) in [4.78, 5) is 34.6. The van der Waals surface area contributed by atoms with Gasteiger partial charge in [-0.25, -0.2) is 9.79 Å². The van der Waals surface area contributed by atoms with Crippen LogP contribution >= 0.6 is 27.3 Å². The molecule has 2 heterocycles. The van der Waals surface area contributed by atoms with Crippen LogP contribution in [0.5, 0.6) is 5.75 Å². The van der Waals surface area contributed by atoms with E-state index in [-0.39, 0.29) is 12.2 Å². The van der Waals surface area contributed by atoms with E-state index in [1.807, 2.05) is 74.5 Å². The Kier molecular flexibility index (Phi) is 8.34. The number of halogens is 1. The Labute approximate surface area is 228 Å². The van der Waals surface area contributed by atoms with Gasteiger partial charge in [0.1, 0.15) is 11.8 Å². The predicted octanol–water partition coefficient (Wildman–Crippen LogP) is 4.42. The highest BCUT2D eigenvalue weighted by atomic mass is 79.9. The van der Waals surface area contributed by atoms with Gasteiger partial charge in [-0.3, -0.25) is 9.36 Å². The Morgan fingerprint density at radius 1 is 1.19 bits per heavy atom. The van der Waals surface area contributed by atoms with Crippen LogP contribution < -0.4 is 24.5 Å². The Morgan fingerprint density at radius 3 is 2.54 bits per heavy atom. The summed E-state index contributed by atoms with van der Waals surface area (Å²) >= 11 is 4.86. The molecule has 0 spiro atoms. The fraction of sp³-hybridized carbons (Fsp3) is 0.321. The van der Waals surface area contributed by atoms with Crippen LogP contribution in [0.25, 0.3) is 6.08 Å². The lowest BCUT2D eigenvalue weighted by Gasteiger charge is -2.27. The van der Waals surface area contributed by atoms with E-state index in [0.717, 1.165) is 22.1 Å². The van der Waals surface area contributed by atoms with Gasteiger partial charge < -0.3 is 14.4 Å². The second-order valence-corrected chi connectivity index (χ2v) is 10.7. The van der Waals surface area contributed by atoms with Gasteiger partial charge in [-0.1, -0.05) is 52.7 Å². The first-order valence-electron chi connectivity index (χ1n) is 12.1. The zero-order chi connectivity index (χ0) is 26.7. The molecule has 0 unspecified atom stereocenters. The van der Waals surface area contributed by atoms with Crippen molar-refractivity contribution in [3.8, 4) is 5.75 Å². The summed E-state index contributed by atoms with van der Waals surface area (Å²) in [7, 11) is 5.55. The lowest BCUT2D eigenvalue weighted by molar-refractivity contribution is -0.139. The molecule has 194 valence electrons. The molecule has 7 nitrogen and oxygen atoms in total. The molecule has 0 aliphatic carbocycles. The number of allylic oxidation sites excluding steroid dienone is 1. The molecule has 1 aliphatic rings. The molecule has 0 saturated heterocycles. The number of aromatic nitrogens is 1. The minimum absolute atomic E-state index is 0.218. The highest BCUT2D eigenvalue weighted by Crippen LogP contribution is 2.38. The summed E-state index contributed by atoms with van der Waals surface area (Å²) in [5, 5.41) is 0. The van der Waals surface area contributed by atoms with Crippen LogP contribution in [0.2, 0.25) is 0 Å². The van der Waals surface area contributed by atoms with Crippen molar-refractivity contribution < 1.29 is 14.3 Å². The number of hydrogen-bond acceptors (Lipinski definition) is 7. The fourth-order valence-electron chi connectivity index (χ4n) is 4.35. The quantitative estimate of drug-likeness (QED) is 0.367. The number of nitrogens with zero attached hydrogens (tertiary/aromatic N) is 3. The Balaban J connectivity index is 2.00. The van der Waals surface area contributed by atoms with Gasteiger partial charge in [0.15, 0.2) is 4.80 Å². The summed E-state index contributed by atoms with van der Waals surface area (Å²) in [6, 6.07) is 12.8. The van der Waals surface area contributed by atoms with Crippen LogP contribution in [0.1, 0.15) is 43.9 Å². The summed E-state index contributed by atoms with van der Waals surface area (Å²) in [6.45, 7) is 4.02. The van der Waals surface area contributed by atoms with Crippen molar-refractivity contribution in [3.05, 3.63) is 89.0 Å². The summed E-state index contributed by atoms with van der Waals surface area (Å²) in [5.41, 5.74) is 3.45.